The highest BCUT2D eigenvalue weighted by molar-refractivity contribution is 5.74. The normalized spacial score (nSPS) is 23.6. The standard InChI is InChI=1S/C15H28N2O3/c1-10(2)6-12(8-14(18)19)9-16-15(20)17-13-5-4-11(3)7-13/h10-13H,4-9H2,1-3H3,(H,18,19)(H2,16,17,20). The van der Waals surface area contributed by atoms with Gasteiger partial charge in [0.15, 0.2) is 0 Å². The summed E-state index contributed by atoms with van der Waals surface area (Å²) in [6.07, 6.45) is 4.17. The third-order valence-corrected chi connectivity index (χ3v) is 3.85. The lowest BCUT2D eigenvalue weighted by Gasteiger charge is -2.19. The Morgan fingerprint density at radius 2 is 2.00 bits per heavy atom. The first-order valence-corrected chi connectivity index (χ1v) is 7.63. The predicted octanol–water partition coefficient (Wildman–Crippen LogP) is 2.61. The van der Waals surface area contributed by atoms with E-state index in [0.717, 1.165) is 19.3 Å². The first-order valence-electron chi connectivity index (χ1n) is 7.63. The smallest absolute Gasteiger partial charge is 0.315 e. The molecule has 2 amide bonds. The average Bonchev–Trinajstić information content (AvgIpc) is 2.70. The zero-order chi connectivity index (χ0) is 15.1. The zero-order valence-corrected chi connectivity index (χ0v) is 12.8. The SMILES string of the molecule is CC(C)CC(CNC(=O)NC1CCC(C)C1)CC(=O)O. The highest BCUT2D eigenvalue weighted by atomic mass is 16.4. The van der Waals surface area contributed by atoms with E-state index < -0.39 is 5.97 Å². The van der Waals surface area contributed by atoms with Gasteiger partial charge in [-0.05, 0) is 43.4 Å². The lowest BCUT2D eigenvalue weighted by atomic mass is 9.94. The minimum absolute atomic E-state index is 0.000696. The molecule has 5 nitrogen and oxygen atoms in total. The maximum atomic E-state index is 11.8. The lowest BCUT2D eigenvalue weighted by Crippen LogP contribution is -2.43. The van der Waals surface area contributed by atoms with Gasteiger partial charge in [0.2, 0.25) is 0 Å². The Balaban J connectivity index is 2.30. The Bertz CT molecular complexity index is 331. The minimum atomic E-state index is -0.803. The van der Waals surface area contributed by atoms with Crippen LogP contribution in [-0.2, 0) is 4.79 Å². The Labute approximate surface area is 121 Å². The van der Waals surface area contributed by atoms with Crippen molar-refractivity contribution in [3.63, 3.8) is 0 Å². The van der Waals surface area contributed by atoms with Crippen molar-refractivity contribution in [2.45, 2.75) is 58.9 Å². The number of urea groups is 1. The molecular formula is C15H28N2O3. The fraction of sp³-hybridized carbons (Fsp3) is 0.867. The van der Waals surface area contributed by atoms with Crippen LogP contribution in [0.15, 0.2) is 0 Å². The van der Waals surface area contributed by atoms with Crippen LogP contribution in [0.3, 0.4) is 0 Å². The molecule has 1 saturated carbocycles. The van der Waals surface area contributed by atoms with Crippen LogP contribution in [0.2, 0.25) is 0 Å². The predicted molar refractivity (Wildman–Crippen MR) is 78.5 cm³/mol. The monoisotopic (exact) mass is 284 g/mol. The molecule has 0 aromatic rings. The van der Waals surface area contributed by atoms with Gasteiger partial charge in [0.05, 0.1) is 0 Å². The van der Waals surface area contributed by atoms with E-state index in [9.17, 15) is 9.59 Å². The fourth-order valence-corrected chi connectivity index (χ4v) is 2.96. The molecule has 5 heteroatoms. The number of nitrogens with one attached hydrogen (secondary N) is 2. The van der Waals surface area contributed by atoms with Crippen LogP contribution in [-0.4, -0.2) is 29.7 Å². The van der Waals surface area contributed by atoms with Gasteiger partial charge in [-0.3, -0.25) is 4.79 Å². The van der Waals surface area contributed by atoms with E-state index in [1.807, 2.05) is 0 Å². The van der Waals surface area contributed by atoms with Crippen LogP contribution in [0, 0.1) is 17.8 Å². The van der Waals surface area contributed by atoms with Crippen molar-refractivity contribution in [3.05, 3.63) is 0 Å². The van der Waals surface area contributed by atoms with Crippen LogP contribution in [0.1, 0.15) is 52.9 Å². The van der Waals surface area contributed by atoms with Gasteiger partial charge in [0.1, 0.15) is 0 Å². The topological polar surface area (TPSA) is 78.4 Å². The van der Waals surface area contributed by atoms with Crippen LogP contribution in [0.25, 0.3) is 0 Å². The van der Waals surface area contributed by atoms with Gasteiger partial charge < -0.3 is 15.7 Å². The third kappa shape index (κ3) is 6.78. The van der Waals surface area contributed by atoms with E-state index in [2.05, 4.69) is 31.4 Å². The molecule has 3 unspecified atom stereocenters. The van der Waals surface area contributed by atoms with E-state index in [-0.39, 0.29) is 24.4 Å². The first-order chi connectivity index (χ1) is 9.36. The summed E-state index contributed by atoms with van der Waals surface area (Å²) in [7, 11) is 0. The van der Waals surface area contributed by atoms with Gasteiger partial charge in [0, 0.05) is 19.0 Å². The van der Waals surface area contributed by atoms with Gasteiger partial charge >= 0.3 is 12.0 Å². The molecule has 1 fully saturated rings. The van der Waals surface area contributed by atoms with E-state index in [4.69, 9.17) is 5.11 Å². The largest absolute Gasteiger partial charge is 0.481 e. The van der Waals surface area contributed by atoms with E-state index >= 15 is 0 Å². The van der Waals surface area contributed by atoms with Gasteiger partial charge in [-0.15, -0.1) is 0 Å². The Morgan fingerprint density at radius 1 is 1.30 bits per heavy atom. The second kappa shape index (κ2) is 8.12. The molecule has 0 radical (unpaired) electrons. The van der Waals surface area contributed by atoms with Crippen molar-refractivity contribution in [3.8, 4) is 0 Å². The van der Waals surface area contributed by atoms with Gasteiger partial charge in [0.25, 0.3) is 0 Å². The van der Waals surface area contributed by atoms with Gasteiger partial charge in [-0.2, -0.15) is 0 Å². The molecule has 0 bridgehead atoms. The summed E-state index contributed by atoms with van der Waals surface area (Å²) in [5.74, 6) is 0.309. The Morgan fingerprint density at radius 3 is 2.50 bits per heavy atom. The molecule has 116 valence electrons. The molecule has 20 heavy (non-hydrogen) atoms. The molecule has 0 spiro atoms. The van der Waals surface area contributed by atoms with Crippen LogP contribution < -0.4 is 10.6 Å². The molecule has 0 aromatic heterocycles. The molecular weight excluding hydrogens is 256 g/mol. The van der Waals surface area contributed by atoms with Crippen molar-refractivity contribution < 1.29 is 14.7 Å². The number of carboxylic acids is 1. The van der Waals surface area contributed by atoms with E-state index in [1.54, 1.807) is 0 Å². The summed E-state index contributed by atoms with van der Waals surface area (Å²) in [6, 6.07) is 0.108. The van der Waals surface area contributed by atoms with Crippen LogP contribution >= 0.6 is 0 Å². The molecule has 1 aliphatic rings. The number of carbonyl (C=O) groups excluding carboxylic acids is 1. The quantitative estimate of drug-likeness (QED) is 0.672. The van der Waals surface area contributed by atoms with E-state index in [1.165, 1.54) is 6.42 Å². The second-order valence-electron chi connectivity index (χ2n) is 6.56. The summed E-state index contributed by atoms with van der Waals surface area (Å²) in [4.78, 5) is 22.6. The molecule has 0 saturated heterocycles. The summed E-state index contributed by atoms with van der Waals surface area (Å²) < 4.78 is 0. The highest BCUT2D eigenvalue weighted by Crippen LogP contribution is 2.24. The summed E-state index contributed by atoms with van der Waals surface area (Å²) >= 11 is 0. The molecule has 3 N–H and O–H groups in total. The number of carbonyl (C=O) groups is 2. The minimum Gasteiger partial charge on any atom is -0.481 e. The second-order valence-corrected chi connectivity index (χ2v) is 6.56. The summed E-state index contributed by atoms with van der Waals surface area (Å²) in [6.45, 7) is 6.76. The summed E-state index contributed by atoms with van der Waals surface area (Å²) in [5, 5.41) is 14.7. The summed E-state index contributed by atoms with van der Waals surface area (Å²) in [5.41, 5.74) is 0. The van der Waals surface area contributed by atoms with Crippen molar-refractivity contribution in [1.82, 2.24) is 10.6 Å². The molecule has 1 rings (SSSR count). The maximum Gasteiger partial charge on any atom is 0.315 e. The van der Waals surface area contributed by atoms with Crippen molar-refractivity contribution in [2.75, 3.05) is 6.54 Å². The Hall–Kier alpha value is -1.26. The molecule has 0 aliphatic heterocycles. The van der Waals surface area contributed by atoms with Crippen LogP contribution in [0.4, 0.5) is 4.79 Å². The molecule has 0 heterocycles. The van der Waals surface area contributed by atoms with Gasteiger partial charge in [-0.1, -0.05) is 20.8 Å². The number of amides is 2. The molecule has 0 aromatic carbocycles. The highest BCUT2D eigenvalue weighted by Gasteiger charge is 2.23. The van der Waals surface area contributed by atoms with Crippen molar-refractivity contribution in [2.24, 2.45) is 17.8 Å². The maximum absolute atomic E-state index is 11.8. The average molecular weight is 284 g/mol. The molecule has 3 atom stereocenters. The number of rotatable bonds is 7. The number of aliphatic carboxylic acids is 1. The van der Waals surface area contributed by atoms with Crippen molar-refractivity contribution in [1.29, 1.82) is 0 Å². The van der Waals surface area contributed by atoms with Crippen molar-refractivity contribution >= 4 is 12.0 Å². The zero-order valence-electron chi connectivity index (χ0n) is 12.8. The van der Waals surface area contributed by atoms with Crippen LogP contribution in [0.5, 0.6) is 0 Å². The Kier molecular flexibility index (Phi) is 6.82. The number of hydrogen-bond donors (Lipinski definition) is 3. The third-order valence-electron chi connectivity index (χ3n) is 3.85. The van der Waals surface area contributed by atoms with E-state index in [0.29, 0.717) is 18.4 Å². The number of carboxylic acid groups (broad SMARTS) is 1. The lowest BCUT2D eigenvalue weighted by molar-refractivity contribution is -0.138. The molecule has 1 aliphatic carbocycles. The fourth-order valence-electron chi connectivity index (χ4n) is 2.96. The van der Waals surface area contributed by atoms with Gasteiger partial charge in [-0.25, -0.2) is 4.79 Å². The first kappa shape index (κ1) is 16.8. The number of hydrogen-bond acceptors (Lipinski definition) is 2.